The van der Waals surface area contributed by atoms with Gasteiger partial charge in [-0.2, -0.15) is 25.8 Å². The summed E-state index contributed by atoms with van der Waals surface area (Å²) in [6.07, 6.45) is 1.82. The summed E-state index contributed by atoms with van der Waals surface area (Å²) in [7, 11) is 0. The van der Waals surface area contributed by atoms with Gasteiger partial charge in [0, 0.05) is 22.5 Å². The number of aliphatic hydroxyl groups is 1. The van der Waals surface area contributed by atoms with Crippen molar-refractivity contribution in [2.45, 2.75) is 131 Å². The fraction of sp³-hybridized carbons (Fsp3) is 0.686. The minimum atomic E-state index is -4.38. The average Bonchev–Trinajstić information content (AvgIpc) is 3.43. The van der Waals surface area contributed by atoms with Gasteiger partial charge in [-0.05, 0) is 84.3 Å². The number of aliphatic hydroxyl groups excluding tert-OH is 1. The number of hydrogen-bond donors (Lipinski definition) is 2. The van der Waals surface area contributed by atoms with Gasteiger partial charge in [0.25, 0.3) is 0 Å². The molecule has 0 radical (unpaired) electrons. The molecule has 1 fully saturated rings. The van der Waals surface area contributed by atoms with Gasteiger partial charge in [-0.3, -0.25) is 4.98 Å². The third kappa shape index (κ3) is 7.04. The van der Waals surface area contributed by atoms with Gasteiger partial charge in [0.1, 0.15) is 6.10 Å². The van der Waals surface area contributed by atoms with Gasteiger partial charge in [0.2, 0.25) is 0 Å². The Morgan fingerprint density at radius 2 is 1.64 bits per heavy atom. The maximum absolute atomic E-state index is 13.2. The molecule has 5 rings (SSSR count). The lowest BCUT2D eigenvalue weighted by Crippen LogP contribution is -2.34. The van der Waals surface area contributed by atoms with Gasteiger partial charge in [-0.1, -0.05) is 80.9 Å². The molecule has 1 saturated carbocycles. The first kappa shape index (κ1) is 34.9. The fourth-order valence-electron chi connectivity index (χ4n) is 6.60. The SMILES string of the molecule is CC(C)c1nc2c(c3c1C(c1ccc(C(F)(F)F)cc1)OC31CCCC1C)C(O)CC(C)(C)C2.CCC(C)(C)C.CS. The van der Waals surface area contributed by atoms with E-state index in [0.717, 1.165) is 65.9 Å². The predicted octanol–water partition coefficient (Wildman–Crippen LogP) is 10.4. The second kappa shape index (κ2) is 12.8. The smallest absolute Gasteiger partial charge is 0.388 e. The maximum atomic E-state index is 13.2. The molecule has 3 aliphatic rings. The molecule has 1 aromatic carbocycles. The van der Waals surface area contributed by atoms with E-state index in [9.17, 15) is 18.3 Å². The molecule has 0 amide bonds. The fourth-order valence-corrected chi connectivity index (χ4v) is 6.60. The molecule has 1 aliphatic heterocycles. The summed E-state index contributed by atoms with van der Waals surface area (Å²) in [5, 5.41) is 11.4. The second-order valence-electron chi connectivity index (χ2n) is 14.6. The number of aromatic nitrogens is 1. The topological polar surface area (TPSA) is 42.4 Å². The van der Waals surface area contributed by atoms with Crippen LogP contribution in [-0.2, 0) is 22.9 Å². The Balaban J connectivity index is 0.000000541. The highest BCUT2D eigenvalue weighted by molar-refractivity contribution is 7.79. The van der Waals surface area contributed by atoms with Crippen molar-refractivity contribution < 1.29 is 23.0 Å². The van der Waals surface area contributed by atoms with Crippen LogP contribution in [0.4, 0.5) is 13.2 Å². The Labute approximate surface area is 257 Å². The van der Waals surface area contributed by atoms with Crippen LogP contribution < -0.4 is 0 Å². The van der Waals surface area contributed by atoms with Gasteiger partial charge >= 0.3 is 6.18 Å². The van der Waals surface area contributed by atoms with Gasteiger partial charge in [-0.15, -0.1) is 0 Å². The predicted molar refractivity (Wildman–Crippen MR) is 169 cm³/mol. The lowest BCUT2D eigenvalue weighted by atomic mass is 9.69. The molecule has 2 aromatic rings. The molecule has 2 heterocycles. The molecule has 0 saturated heterocycles. The minimum Gasteiger partial charge on any atom is -0.388 e. The number of fused-ring (bicyclic) bond motifs is 4. The van der Waals surface area contributed by atoms with E-state index in [2.05, 4.69) is 74.9 Å². The number of ether oxygens (including phenoxy) is 1. The highest BCUT2D eigenvalue weighted by Crippen LogP contribution is 2.61. The van der Waals surface area contributed by atoms with Crippen molar-refractivity contribution in [1.29, 1.82) is 0 Å². The summed E-state index contributed by atoms with van der Waals surface area (Å²) in [6, 6.07) is 5.36. The molecule has 3 nitrogen and oxygen atoms in total. The Hall–Kier alpha value is -1.57. The largest absolute Gasteiger partial charge is 0.416 e. The molecule has 236 valence electrons. The Morgan fingerprint density at radius 3 is 2.10 bits per heavy atom. The van der Waals surface area contributed by atoms with Crippen molar-refractivity contribution in [3.8, 4) is 0 Å². The Morgan fingerprint density at radius 1 is 1.07 bits per heavy atom. The van der Waals surface area contributed by atoms with E-state index in [0.29, 0.717) is 17.4 Å². The zero-order valence-electron chi connectivity index (χ0n) is 27.2. The van der Waals surface area contributed by atoms with Crippen LogP contribution in [0.1, 0.15) is 152 Å². The summed E-state index contributed by atoms with van der Waals surface area (Å²) in [4.78, 5) is 5.12. The van der Waals surface area contributed by atoms with Crippen LogP contribution in [0, 0.1) is 16.7 Å². The van der Waals surface area contributed by atoms with Crippen molar-refractivity contribution in [3.05, 3.63) is 63.5 Å². The molecule has 2 aliphatic carbocycles. The number of benzene rings is 1. The summed E-state index contributed by atoms with van der Waals surface area (Å²) in [6.45, 7) is 19.7. The number of thiol groups is 1. The first-order valence-corrected chi connectivity index (χ1v) is 16.3. The standard InChI is InChI=1S/C28H34F3NO2.C6H14.CH4S/c1-15(2)24-22-23(21-19(32-24)13-26(4,5)14-20(21)33)27(12-6-7-16(27)3)34-25(22)17-8-10-18(11-9-17)28(29,30)31;1-5-6(2,3)4;1-2/h8-11,15-16,20,25,33H,6-7,12-14H2,1-5H3;5H2,1-4H3;2H,1H3. The van der Waals surface area contributed by atoms with Crippen LogP contribution in [0.25, 0.3) is 0 Å². The van der Waals surface area contributed by atoms with E-state index in [4.69, 9.17) is 9.72 Å². The van der Waals surface area contributed by atoms with E-state index in [1.165, 1.54) is 6.42 Å². The zero-order valence-corrected chi connectivity index (χ0v) is 28.1. The van der Waals surface area contributed by atoms with Gasteiger partial charge in [-0.25, -0.2) is 0 Å². The third-order valence-corrected chi connectivity index (χ3v) is 9.25. The lowest BCUT2D eigenvalue weighted by Gasteiger charge is -2.39. The monoisotopic (exact) mass is 607 g/mol. The third-order valence-electron chi connectivity index (χ3n) is 9.25. The molecule has 4 unspecified atom stereocenters. The number of pyridine rings is 1. The van der Waals surface area contributed by atoms with Crippen molar-refractivity contribution in [3.63, 3.8) is 0 Å². The first-order valence-electron chi connectivity index (χ1n) is 15.4. The molecule has 1 N–H and O–H groups in total. The van der Waals surface area contributed by atoms with Crippen LogP contribution >= 0.6 is 12.6 Å². The molecular weight excluding hydrogens is 555 g/mol. The molecule has 7 heteroatoms. The maximum Gasteiger partial charge on any atom is 0.416 e. The normalized spacial score (nSPS) is 26.2. The molecule has 0 bridgehead atoms. The zero-order chi connectivity index (χ0) is 31.8. The van der Waals surface area contributed by atoms with Gasteiger partial charge < -0.3 is 9.84 Å². The number of nitrogens with zero attached hydrogens (tertiary/aromatic N) is 1. The Bertz CT molecular complexity index is 1220. The summed E-state index contributed by atoms with van der Waals surface area (Å²) < 4.78 is 46.6. The highest BCUT2D eigenvalue weighted by Gasteiger charge is 2.55. The van der Waals surface area contributed by atoms with E-state index in [1.807, 2.05) is 0 Å². The van der Waals surface area contributed by atoms with Crippen LogP contribution in [0.15, 0.2) is 24.3 Å². The second-order valence-corrected chi connectivity index (χ2v) is 14.6. The van der Waals surface area contributed by atoms with Crippen LogP contribution in [0.2, 0.25) is 0 Å². The minimum absolute atomic E-state index is 0.0529. The van der Waals surface area contributed by atoms with Crippen LogP contribution in [-0.4, -0.2) is 16.3 Å². The Kier molecular flexibility index (Phi) is 10.6. The number of hydrogen-bond acceptors (Lipinski definition) is 4. The van der Waals surface area contributed by atoms with Crippen molar-refractivity contribution in [1.82, 2.24) is 4.98 Å². The summed E-state index contributed by atoms with van der Waals surface area (Å²) in [5.74, 6) is 0.369. The quantitative estimate of drug-likeness (QED) is 0.334. The molecule has 4 atom stereocenters. The highest BCUT2D eigenvalue weighted by atomic mass is 32.1. The van der Waals surface area contributed by atoms with E-state index < -0.39 is 29.5 Å². The number of alkyl halides is 3. The summed E-state index contributed by atoms with van der Waals surface area (Å²) in [5.41, 5.74) is 4.87. The van der Waals surface area contributed by atoms with E-state index >= 15 is 0 Å². The van der Waals surface area contributed by atoms with E-state index in [1.54, 1.807) is 18.4 Å². The van der Waals surface area contributed by atoms with Crippen molar-refractivity contribution >= 4 is 12.6 Å². The lowest BCUT2D eigenvalue weighted by molar-refractivity contribution is -0.137. The van der Waals surface area contributed by atoms with E-state index in [-0.39, 0.29) is 17.3 Å². The van der Waals surface area contributed by atoms with Gasteiger partial charge in [0.15, 0.2) is 0 Å². The van der Waals surface area contributed by atoms with Gasteiger partial charge in [0.05, 0.1) is 17.3 Å². The number of rotatable bonds is 2. The summed E-state index contributed by atoms with van der Waals surface area (Å²) >= 11 is 3.53. The van der Waals surface area contributed by atoms with Crippen LogP contribution in [0.5, 0.6) is 0 Å². The molecule has 1 spiro atoms. The molecule has 42 heavy (non-hydrogen) atoms. The molecular formula is C35H52F3NO2S. The van der Waals surface area contributed by atoms with Crippen molar-refractivity contribution in [2.75, 3.05) is 6.26 Å². The van der Waals surface area contributed by atoms with Crippen LogP contribution in [0.3, 0.4) is 0 Å². The molecule has 1 aromatic heterocycles. The average molecular weight is 608 g/mol. The number of halogens is 3. The first-order chi connectivity index (χ1) is 19.4. The van der Waals surface area contributed by atoms with Crippen molar-refractivity contribution in [2.24, 2.45) is 16.7 Å².